The molecule has 2 heterocycles. The molecule has 0 saturated heterocycles. The van der Waals surface area contributed by atoms with Crippen molar-refractivity contribution < 1.29 is 13.2 Å². The van der Waals surface area contributed by atoms with Gasteiger partial charge in [-0.25, -0.2) is 9.97 Å². The normalized spacial score (nSPS) is 15.8. The van der Waals surface area contributed by atoms with E-state index < -0.39 is 11.7 Å². The van der Waals surface area contributed by atoms with Crippen LogP contribution in [-0.4, -0.2) is 17.0 Å². The van der Waals surface area contributed by atoms with Gasteiger partial charge in [-0.1, -0.05) is 18.2 Å². The zero-order valence-electron chi connectivity index (χ0n) is 14.0. The summed E-state index contributed by atoms with van der Waals surface area (Å²) in [5.41, 5.74) is 2.48. The van der Waals surface area contributed by atoms with Gasteiger partial charge in [-0.3, -0.25) is 0 Å². The van der Waals surface area contributed by atoms with Gasteiger partial charge in [0, 0.05) is 18.2 Å². The van der Waals surface area contributed by atoms with E-state index >= 15 is 0 Å². The minimum atomic E-state index is -4.40. The second kappa shape index (κ2) is 4.94. The van der Waals surface area contributed by atoms with Crippen LogP contribution in [-0.2, 0) is 11.6 Å². The van der Waals surface area contributed by atoms with Crippen molar-refractivity contribution in [3.05, 3.63) is 59.3 Å². The Morgan fingerprint density at radius 3 is 2.40 bits per heavy atom. The van der Waals surface area contributed by atoms with Crippen LogP contribution in [0.4, 0.5) is 24.7 Å². The number of benzene rings is 2. The molecule has 0 spiro atoms. The maximum absolute atomic E-state index is 13.0. The van der Waals surface area contributed by atoms with E-state index in [9.17, 15) is 13.2 Å². The fourth-order valence-electron chi connectivity index (χ4n) is 3.41. The number of halogens is 3. The van der Waals surface area contributed by atoms with Crippen LogP contribution in [0.3, 0.4) is 0 Å². The van der Waals surface area contributed by atoms with E-state index in [1.165, 1.54) is 6.07 Å². The Labute approximate surface area is 143 Å². The Kier molecular flexibility index (Phi) is 3.14. The Bertz CT molecular complexity index is 993. The summed E-state index contributed by atoms with van der Waals surface area (Å²) >= 11 is 0. The van der Waals surface area contributed by atoms with Gasteiger partial charge < -0.3 is 4.90 Å². The van der Waals surface area contributed by atoms with Crippen LogP contribution in [0, 0.1) is 0 Å². The van der Waals surface area contributed by atoms with E-state index in [1.54, 1.807) is 0 Å². The minimum Gasteiger partial charge on any atom is -0.328 e. The molecule has 128 valence electrons. The molecule has 1 aliphatic rings. The average molecular weight is 343 g/mol. The maximum Gasteiger partial charge on any atom is 0.416 e. The zero-order valence-corrected chi connectivity index (χ0v) is 14.0. The molecule has 3 nitrogen and oxygen atoms in total. The van der Waals surface area contributed by atoms with E-state index in [-0.39, 0.29) is 10.9 Å². The average Bonchev–Trinajstić information content (AvgIpc) is 2.57. The first kappa shape index (κ1) is 15.9. The first-order valence-electron chi connectivity index (χ1n) is 7.92. The summed E-state index contributed by atoms with van der Waals surface area (Å²) in [7, 11) is 1.86. The van der Waals surface area contributed by atoms with Crippen LogP contribution >= 0.6 is 0 Å². The van der Waals surface area contributed by atoms with Crippen molar-refractivity contribution in [2.45, 2.75) is 25.4 Å². The van der Waals surface area contributed by atoms with Crippen LogP contribution in [0.15, 0.2) is 42.5 Å². The highest BCUT2D eigenvalue weighted by Crippen LogP contribution is 2.46. The zero-order chi connectivity index (χ0) is 18.0. The fraction of sp³-hybridized carbons (Fsp3) is 0.263. The van der Waals surface area contributed by atoms with E-state index in [4.69, 9.17) is 0 Å². The molecule has 0 amide bonds. The molecule has 6 heteroatoms. The highest BCUT2D eigenvalue weighted by Gasteiger charge is 2.38. The van der Waals surface area contributed by atoms with Crippen molar-refractivity contribution >= 4 is 22.5 Å². The monoisotopic (exact) mass is 343 g/mol. The highest BCUT2D eigenvalue weighted by atomic mass is 19.4. The molecule has 0 atom stereocenters. The van der Waals surface area contributed by atoms with Crippen molar-refractivity contribution in [1.29, 1.82) is 0 Å². The van der Waals surface area contributed by atoms with Gasteiger partial charge in [0.15, 0.2) is 5.82 Å². The van der Waals surface area contributed by atoms with E-state index in [2.05, 4.69) is 23.8 Å². The predicted molar refractivity (Wildman–Crippen MR) is 91.2 cm³/mol. The van der Waals surface area contributed by atoms with Crippen molar-refractivity contribution in [2.75, 3.05) is 11.9 Å². The molecule has 0 saturated carbocycles. The Balaban J connectivity index is 1.99. The summed E-state index contributed by atoms with van der Waals surface area (Å²) in [6.45, 7) is 4.12. The maximum atomic E-state index is 13.0. The molecule has 0 radical (unpaired) electrons. The number of nitrogens with zero attached hydrogens (tertiary/aromatic N) is 3. The molecule has 1 aliphatic heterocycles. The molecule has 1 aromatic heterocycles. The van der Waals surface area contributed by atoms with Crippen molar-refractivity contribution in [3.63, 3.8) is 0 Å². The summed E-state index contributed by atoms with van der Waals surface area (Å²) < 4.78 is 39.0. The lowest BCUT2D eigenvalue weighted by Crippen LogP contribution is -2.32. The quantitative estimate of drug-likeness (QED) is 0.571. The van der Waals surface area contributed by atoms with Crippen molar-refractivity contribution in [1.82, 2.24) is 9.97 Å². The lowest BCUT2D eigenvalue weighted by Gasteiger charge is -2.38. The van der Waals surface area contributed by atoms with Gasteiger partial charge in [-0.05, 0) is 43.7 Å². The van der Waals surface area contributed by atoms with E-state index in [1.807, 2.05) is 36.2 Å². The van der Waals surface area contributed by atoms with Gasteiger partial charge in [-0.2, -0.15) is 13.2 Å². The van der Waals surface area contributed by atoms with Gasteiger partial charge in [-0.15, -0.1) is 0 Å². The van der Waals surface area contributed by atoms with Crippen molar-refractivity contribution in [2.24, 2.45) is 0 Å². The van der Waals surface area contributed by atoms with Crippen LogP contribution in [0.2, 0.25) is 0 Å². The molecule has 3 aromatic rings. The first-order valence-corrected chi connectivity index (χ1v) is 7.92. The molecule has 25 heavy (non-hydrogen) atoms. The standard InChI is InChI=1S/C19H16F3N3/c1-18(2)12-6-4-5-7-15(12)25(3)17-16(18)23-13-9-8-11(19(20,21)22)10-14(13)24-17/h4-10H,1-3H3. The number of anilines is 2. The number of rotatable bonds is 0. The van der Waals surface area contributed by atoms with Gasteiger partial charge in [0.25, 0.3) is 0 Å². The largest absolute Gasteiger partial charge is 0.416 e. The molecular weight excluding hydrogens is 327 g/mol. The first-order chi connectivity index (χ1) is 11.7. The smallest absolute Gasteiger partial charge is 0.328 e. The number of hydrogen-bond donors (Lipinski definition) is 0. The lowest BCUT2D eigenvalue weighted by molar-refractivity contribution is -0.137. The topological polar surface area (TPSA) is 29.0 Å². The molecule has 0 fully saturated rings. The predicted octanol–water partition coefficient (Wildman–Crippen LogP) is 5.06. The third-order valence-electron chi connectivity index (χ3n) is 4.82. The summed E-state index contributed by atoms with van der Waals surface area (Å²) in [4.78, 5) is 11.1. The molecule has 0 bridgehead atoms. The van der Waals surface area contributed by atoms with E-state index in [0.29, 0.717) is 11.3 Å². The van der Waals surface area contributed by atoms with Gasteiger partial charge in [0.1, 0.15) is 0 Å². The molecule has 0 N–H and O–H groups in total. The molecule has 2 aromatic carbocycles. The molecule has 0 aliphatic carbocycles. The Morgan fingerprint density at radius 2 is 1.68 bits per heavy atom. The summed E-state index contributed by atoms with van der Waals surface area (Å²) in [5.74, 6) is 0.593. The highest BCUT2D eigenvalue weighted by molar-refractivity contribution is 5.82. The molecule has 4 rings (SSSR count). The van der Waals surface area contributed by atoms with Gasteiger partial charge >= 0.3 is 6.18 Å². The third-order valence-corrected chi connectivity index (χ3v) is 4.82. The van der Waals surface area contributed by atoms with Crippen LogP contribution in [0.5, 0.6) is 0 Å². The van der Waals surface area contributed by atoms with Crippen LogP contribution < -0.4 is 4.90 Å². The SMILES string of the molecule is CN1c2ccccc2C(C)(C)c2nc3ccc(C(F)(F)F)cc3nc21. The summed E-state index contributed by atoms with van der Waals surface area (Å²) in [6, 6.07) is 11.4. The third kappa shape index (κ3) is 2.27. The minimum absolute atomic E-state index is 0.246. The van der Waals surface area contributed by atoms with Gasteiger partial charge in [0.2, 0.25) is 0 Å². The van der Waals surface area contributed by atoms with Crippen LogP contribution in [0.1, 0.15) is 30.7 Å². The number of aromatic nitrogens is 2. The lowest BCUT2D eigenvalue weighted by atomic mass is 9.77. The summed E-state index contributed by atoms with van der Waals surface area (Å²) in [6.07, 6.45) is -4.40. The number of hydrogen-bond acceptors (Lipinski definition) is 3. The van der Waals surface area contributed by atoms with Gasteiger partial charge in [0.05, 0.1) is 22.3 Å². The molecule has 0 unspecified atom stereocenters. The Morgan fingerprint density at radius 1 is 0.960 bits per heavy atom. The second-order valence-electron chi connectivity index (χ2n) is 6.80. The summed E-state index contributed by atoms with van der Waals surface area (Å²) in [5, 5.41) is 0. The number of alkyl halides is 3. The second-order valence-corrected chi connectivity index (χ2v) is 6.80. The number of para-hydroxylation sites is 1. The van der Waals surface area contributed by atoms with E-state index in [0.717, 1.165) is 29.1 Å². The Hall–Kier alpha value is -2.63. The van der Waals surface area contributed by atoms with Crippen molar-refractivity contribution in [3.8, 4) is 0 Å². The number of fused-ring (bicyclic) bond motifs is 3. The fourth-order valence-corrected chi connectivity index (χ4v) is 3.41. The molecular formula is C19H16F3N3. The van der Waals surface area contributed by atoms with Crippen LogP contribution in [0.25, 0.3) is 11.0 Å².